The van der Waals surface area contributed by atoms with Crippen molar-refractivity contribution in [3.8, 4) is 5.75 Å². The topological polar surface area (TPSA) is 51.0 Å². The Balaban J connectivity index is 2.62. The summed E-state index contributed by atoms with van der Waals surface area (Å²) in [6.07, 6.45) is 1.83. The summed E-state index contributed by atoms with van der Waals surface area (Å²) in [4.78, 5) is 3.09. The molecule has 0 aliphatic carbocycles. The van der Waals surface area contributed by atoms with E-state index in [1.54, 1.807) is 7.11 Å². The summed E-state index contributed by atoms with van der Waals surface area (Å²) in [5.74, 6) is 0.640. The van der Waals surface area contributed by atoms with Gasteiger partial charge in [0.05, 0.1) is 18.0 Å². The number of rotatable bonds is 3. The zero-order valence-electron chi connectivity index (χ0n) is 8.76. The maximum Gasteiger partial charge on any atom is 0.139 e. The predicted octanol–water partition coefficient (Wildman–Crippen LogP) is 3.07. The predicted molar refractivity (Wildman–Crippen MR) is 67.5 cm³/mol. The number of hydrogen-bond acceptors (Lipinski definition) is 2. The van der Waals surface area contributed by atoms with Gasteiger partial charge >= 0.3 is 0 Å². The van der Waals surface area contributed by atoms with E-state index in [1.165, 1.54) is 0 Å². The zero-order chi connectivity index (χ0) is 11.7. The molecule has 0 fully saturated rings. The monoisotopic (exact) mass is 258 g/mol. The van der Waals surface area contributed by atoms with Gasteiger partial charge in [-0.2, -0.15) is 0 Å². The molecule has 5 heteroatoms. The molecular formula is C11H12Cl2N2O. The van der Waals surface area contributed by atoms with E-state index >= 15 is 0 Å². The molecule has 0 saturated heterocycles. The van der Waals surface area contributed by atoms with Gasteiger partial charge in [-0.25, -0.2) is 0 Å². The van der Waals surface area contributed by atoms with Crippen molar-refractivity contribution in [2.24, 2.45) is 5.73 Å². The third kappa shape index (κ3) is 1.75. The lowest BCUT2D eigenvalue weighted by molar-refractivity contribution is 0.415. The van der Waals surface area contributed by atoms with Crippen molar-refractivity contribution in [2.75, 3.05) is 13.7 Å². The van der Waals surface area contributed by atoms with E-state index in [1.807, 2.05) is 18.3 Å². The lowest BCUT2D eigenvalue weighted by Crippen LogP contribution is -2.06. The summed E-state index contributed by atoms with van der Waals surface area (Å²) in [6.45, 7) is 0.387. The minimum atomic E-state index is -0.210. The molecule has 2 aromatic rings. The van der Waals surface area contributed by atoms with Crippen LogP contribution in [0.3, 0.4) is 0 Å². The molecule has 0 spiro atoms. The normalized spacial score (nSPS) is 13.0. The van der Waals surface area contributed by atoms with Crippen molar-refractivity contribution in [1.29, 1.82) is 0 Å². The Morgan fingerprint density at radius 2 is 2.25 bits per heavy atom. The highest BCUT2D eigenvalue weighted by molar-refractivity contribution is 6.36. The van der Waals surface area contributed by atoms with Crippen LogP contribution < -0.4 is 10.5 Å². The molecule has 0 aliphatic rings. The van der Waals surface area contributed by atoms with Gasteiger partial charge in [0.1, 0.15) is 10.8 Å². The minimum absolute atomic E-state index is 0.210. The van der Waals surface area contributed by atoms with E-state index in [-0.39, 0.29) is 5.38 Å². The smallest absolute Gasteiger partial charge is 0.139 e. The van der Waals surface area contributed by atoms with E-state index < -0.39 is 0 Å². The Kier molecular flexibility index (Phi) is 3.28. The standard InChI is InChI=1S/C11H12Cl2N2O/c1-16-9-3-2-6-7(8(12)4-14)5-15-11(6)10(9)13/h2-3,5,8,15H,4,14H2,1H3. The van der Waals surface area contributed by atoms with Crippen LogP contribution in [0.25, 0.3) is 10.9 Å². The number of H-pyrrole nitrogens is 1. The lowest BCUT2D eigenvalue weighted by atomic mass is 10.1. The SMILES string of the molecule is COc1ccc2c(C(Cl)CN)c[nH]c2c1Cl. The van der Waals surface area contributed by atoms with Gasteiger partial charge in [0, 0.05) is 18.1 Å². The second-order valence-electron chi connectivity index (χ2n) is 3.45. The number of halogens is 2. The van der Waals surface area contributed by atoms with Gasteiger partial charge < -0.3 is 15.5 Å². The second kappa shape index (κ2) is 4.53. The number of ether oxygens (including phenoxy) is 1. The fourth-order valence-corrected chi connectivity index (χ4v) is 2.19. The Labute approximate surface area is 103 Å². The Hall–Kier alpha value is -0.900. The molecule has 1 aromatic heterocycles. The van der Waals surface area contributed by atoms with Gasteiger partial charge in [-0.15, -0.1) is 11.6 Å². The number of nitrogens with one attached hydrogen (secondary N) is 1. The number of aromatic amines is 1. The number of benzene rings is 1. The number of hydrogen-bond donors (Lipinski definition) is 2. The third-order valence-corrected chi connectivity index (χ3v) is 3.34. The van der Waals surface area contributed by atoms with Gasteiger partial charge in [0.2, 0.25) is 0 Å². The Bertz CT molecular complexity index is 510. The second-order valence-corrected chi connectivity index (χ2v) is 4.36. The molecule has 1 aromatic carbocycles. The summed E-state index contributed by atoms with van der Waals surface area (Å²) in [5.41, 5.74) is 7.34. The van der Waals surface area contributed by atoms with Crippen LogP contribution in [0.5, 0.6) is 5.75 Å². The number of alkyl halides is 1. The molecule has 86 valence electrons. The molecule has 1 heterocycles. The van der Waals surface area contributed by atoms with Gasteiger partial charge in [-0.1, -0.05) is 11.6 Å². The van der Waals surface area contributed by atoms with E-state index in [0.717, 1.165) is 16.5 Å². The average molecular weight is 259 g/mol. The summed E-state index contributed by atoms with van der Waals surface area (Å²) in [5, 5.41) is 1.33. The molecule has 0 saturated carbocycles. The van der Waals surface area contributed by atoms with Gasteiger partial charge in [-0.05, 0) is 17.7 Å². The number of aromatic nitrogens is 1. The molecule has 3 N–H and O–H groups in total. The molecule has 16 heavy (non-hydrogen) atoms. The third-order valence-electron chi connectivity index (χ3n) is 2.55. The summed E-state index contributed by atoms with van der Waals surface area (Å²) >= 11 is 12.3. The Morgan fingerprint density at radius 1 is 1.50 bits per heavy atom. The van der Waals surface area contributed by atoms with Crippen molar-refractivity contribution in [3.63, 3.8) is 0 Å². The van der Waals surface area contributed by atoms with Crippen molar-refractivity contribution in [2.45, 2.75) is 5.38 Å². The van der Waals surface area contributed by atoms with Crippen LogP contribution in [0.15, 0.2) is 18.3 Å². The van der Waals surface area contributed by atoms with Crippen LogP contribution in [0, 0.1) is 0 Å². The molecule has 1 unspecified atom stereocenters. The summed E-state index contributed by atoms with van der Waals surface area (Å²) < 4.78 is 5.14. The van der Waals surface area contributed by atoms with Crippen molar-refractivity contribution in [3.05, 3.63) is 28.9 Å². The molecule has 0 amide bonds. The summed E-state index contributed by atoms with van der Waals surface area (Å²) in [7, 11) is 1.58. The molecule has 0 radical (unpaired) electrons. The van der Waals surface area contributed by atoms with E-state index in [4.69, 9.17) is 33.7 Å². The van der Waals surface area contributed by atoms with Crippen LogP contribution in [0.2, 0.25) is 5.02 Å². The molecule has 2 rings (SSSR count). The van der Waals surface area contributed by atoms with Crippen LogP contribution >= 0.6 is 23.2 Å². The van der Waals surface area contributed by atoms with E-state index in [0.29, 0.717) is 17.3 Å². The van der Waals surface area contributed by atoms with E-state index in [9.17, 15) is 0 Å². The molecule has 3 nitrogen and oxygen atoms in total. The lowest BCUT2D eigenvalue weighted by Gasteiger charge is -2.06. The van der Waals surface area contributed by atoms with Crippen LogP contribution in [0.1, 0.15) is 10.9 Å². The molecule has 0 aliphatic heterocycles. The van der Waals surface area contributed by atoms with E-state index in [2.05, 4.69) is 4.98 Å². The van der Waals surface area contributed by atoms with Crippen LogP contribution in [0.4, 0.5) is 0 Å². The molecule has 0 bridgehead atoms. The first-order valence-electron chi connectivity index (χ1n) is 4.86. The zero-order valence-corrected chi connectivity index (χ0v) is 10.3. The van der Waals surface area contributed by atoms with Crippen molar-refractivity contribution < 1.29 is 4.74 Å². The first-order valence-corrected chi connectivity index (χ1v) is 5.68. The fraction of sp³-hybridized carbons (Fsp3) is 0.273. The van der Waals surface area contributed by atoms with Crippen LogP contribution in [-0.2, 0) is 0 Å². The van der Waals surface area contributed by atoms with Crippen LogP contribution in [-0.4, -0.2) is 18.6 Å². The minimum Gasteiger partial charge on any atom is -0.495 e. The quantitative estimate of drug-likeness (QED) is 0.832. The summed E-state index contributed by atoms with van der Waals surface area (Å²) in [6, 6.07) is 3.75. The maximum atomic E-state index is 6.17. The largest absolute Gasteiger partial charge is 0.495 e. The van der Waals surface area contributed by atoms with Crippen molar-refractivity contribution in [1.82, 2.24) is 4.98 Å². The molecule has 1 atom stereocenters. The number of nitrogens with two attached hydrogens (primary N) is 1. The van der Waals surface area contributed by atoms with Gasteiger partial charge in [-0.3, -0.25) is 0 Å². The first-order chi connectivity index (χ1) is 7.69. The fourth-order valence-electron chi connectivity index (χ4n) is 1.71. The van der Waals surface area contributed by atoms with Gasteiger partial charge in [0.25, 0.3) is 0 Å². The average Bonchev–Trinajstić information content (AvgIpc) is 2.73. The maximum absolute atomic E-state index is 6.17. The highest BCUT2D eigenvalue weighted by atomic mass is 35.5. The number of methoxy groups -OCH3 is 1. The molecular weight excluding hydrogens is 247 g/mol. The Morgan fingerprint density at radius 3 is 2.88 bits per heavy atom. The highest BCUT2D eigenvalue weighted by Gasteiger charge is 2.15. The number of fused-ring (bicyclic) bond motifs is 1. The van der Waals surface area contributed by atoms with Gasteiger partial charge in [0.15, 0.2) is 0 Å². The van der Waals surface area contributed by atoms with Crippen molar-refractivity contribution >= 4 is 34.1 Å². The first kappa shape index (κ1) is 11.6. The highest BCUT2D eigenvalue weighted by Crippen LogP contribution is 2.36.